The summed E-state index contributed by atoms with van der Waals surface area (Å²) in [5.74, 6) is 0.578. The van der Waals surface area contributed by atoms with Gasteiger partial charge < -0.3 is 15.1 Å². The maximum Gasteiger partial charge on any atom is 0.251 e. The molecule has 4 rings (SSSR count). The van der Waals surface area contributed by atoms with Gasteiger partial charge in [-0.15, -0.1) is 0 Å². The maximum atomic E-state index is 12.5. The Kier molecular flexibility index (Phi) is 5.36. The Morgan fingerprint density at radius 2 is 1.93 bits per heavy atom. The van der Waals surface area contributed by atoms with Crippen LogP contribution in [0.15, 0.2) is 59.0 Å². The Hall–Kier alpha value is -3.12. The Morgan fingerprint density at radius 3 is 2.69 bits per heavy atom. The van der Waals surface area contributed by atoms with Gasteiger partial charge in [0.1, 0.15) is 11.3 Å². The van der Waals surface area contributed by atoms with Gasteiger partial charge in [-0.25, -0.2) is 0 Å². The van der Waals surface area contributed by atoms with Gasteiger partial charge in [-0.1, -0.05) is 24.3 Å². The van der Waals surface area contributed by atoms with E-state index in [-0.39, 0.29) is 24.4 Å². The molecule has 0 bridgehead atoms. The highest BCUT2D eigenvalue weighted by atomic mass is 16.3. The summed E-state index contributed by atoms with van der Waals surface area (Å²) in [4.78, 5) is 26.6. The standard InChI is InChI=1S/C23H25N3O3/c1-15(21-13-16-6-3-4-9-20(16)29-21)26(2)14-22(27)24-19-8-5-7-17(12-19)23(28)25-18-10-11-18/h3-9,12-13,15,18H,10-11,14H2,1-2H3,(H,24,27)(H,25,28)/t15-/m0/s1. The molecule has 29 heavy (non-hydrogen) atoms. The van der Waals surface area contributed by atoms with Crippen LogP contribution in [0.4, 0.5) is 5.69 Å². The van der Waals surface area contributed by atoms with E-state index in [1.807, 2.05) is 49.2 Å². The van der Waals surface area contributed by atoms with Gasteiger partial charge in [0.25, 0.3) is 5.91 Å². The van der Waals surface area contributed by atoms with Crippen LogP contribution >= 0.6 is 0 Å². The van der Waals surface area contributed by atoms with Crippen LogP contribution in [0.25, 0.3) is 11.0 Å². The molecule has 0 saturated heterocycles. The van der Waals surface area contributed by atoms with Gasteiger partial charge in [0.05, 0.1) is 12.6 Å². The van der Waals surface area contributed by atoms with Gasteiger partial charge in [0.2, 0.25) is 5.91 Å². The summed E-state index contributed by atoms with van der Waals surface area (Å²) in [6, 6.07) is 17.1. The Labute approximate surface area is 169 Å². The number of amides is 2. The first-order valence-corrected chi connectivity index (χ1v) is 9.89. The number of hydrogen-bond acceptors (Lipinski definition) is 4. The molecule has 6 heteroatoms. The SMILES string of the molecule is C[C@@H](c1cc2ccccc2o1)N(C)CC(=O)Nc1cccc(C(=O)NC2CC2)c1. The van der Waals surface area contributed by atoms with E-state index >= 15 is 0 Å². The van der Waals surface area contributed by atoms with E-state index in [9.17, 15) is 9.59 Å². The number of likely N-dealkylation sites (N-methyl/N-ethyl adjacent to an activating group) is 1. The highest BCUT2D eigenvalue weighted by Gasteiger charge is 2.24. The first-order chi connectivity index (χ1) is 14.0. The Bertz CT molecular complexity index is 1010. The van der Waals surface area contributed by atoms with Crippen molar-refractivity contribution in [3.8, 4) is 0 Å². The number of carbonyl (C=O) groups excluding carboxylic acids is 2. The molecule has 0 aliphatic heterocycles. The topological polar surface area (TPSA) is 74.6 Å². The summed E-state index contributed by atoms with van der Waals surface area (Å²) in [7, 11) is 1.89. The van der Waals surface area contributed by atoms with E-state index in [4.69, 9.17) is 4.42 Å². The molecule has 1 aromatic heterocycles. The van der Waals surface area contributed by atoms with E-state index < -0.39 is 0 Å². The number of anilines is 1. The summed E-state index contributed by atoms with van der Waals surface area (Å²) < 4.78 is 5.91. The second-order valence-electron chi connectivity index (χ2n) is 7.65. The Balaban J connectivity index is 1.36. The molecule has 150 valence electrons. The van der Waals surface area contributed by atoms with Gasteiger partial charge in [-0.3, -0.25) is 14.5 Å². The minimum absolute atomic E-state index is 0.0520. The fourth-order valence-electron chi connectivity index (χ4n) is 3.22. The van der Waals surface area contributed by atoms with Crippen LogP contribution in [0, 0.1) is 0 Å². The summed E-state index contributed by atoms with van der Waals surface area (Å²) in [5, 5.41) is 6.88. The van der Waals surface area contributed by atoms with E-state index in [2.05, 4.69) is 10.6 Å². The fraction of sp³-hybridized carbons (Fsp3) is 0.304. The van der Waals surface area contributed by atoms with Crippen LogP contribution in [-0.4, -0.2) is 36.3 Å². The fourth-order valence-corrected chi connectivity index (χ4v) is 3.22. The lowest BCUT2D eigenvalue weighted by Crippen LogP contribution is -2.32. The van der Waals surface area contributed by atoms with Crippen molar-refractivity contribution in [2.24, 2.45) is 0 Å². The van der Waals surface area contributed by atoms with Crippen molar-refractivity contribution < 1.29 is 14.0 Å². The van der Waals surface area contributed by atoms with Gasteiger partial charge in [-0.05, 0) is 57.1 Å². The second-order valence-corrected chi connectivity index (χ2v) is 7.65. The first kappa shape index (κ1) is 19.2. The van der Waals surface area contributed by atoms with Crippen LogP contribution in [0.1, 0.15) is 41.9 Å². The van der Waals surface area contributed by atoms with E-state index in [1.54, 1.807) is 24.3 Å². The molecule has 0 radical (unpaired) electrons. The quantitative estimate of drug-likeness (QED) is 0.639. The molecular formula is C23H25N3O3. The minimum Gasteiger partial charge on any atom is -0.459 e. The average Bonchev–Trinajstić information content (AvgIpc) is 3.41. The number of nitrogens with one attached hydrogen (secondary N) is 2. The molecule has 2 amide bonds. The largest absolute Gasteiger partial charge is 0.459 e. The smallest absolute Gasteiger partial charge is 0.251 e. The number of benzene rings is 2. The molecule has 1 heterocycles. The van der Waals surface area contributed by atoms with Crippen molar-refractivity contribution >= 4 is 28.5 Å². The number of carbonyl (C=O) groups is 2. The van der Waals surface area contributed by atoms with Crippen molar-refractivity contribution in [2.45, 2.75) is 31.8 Å². The predicted molar refractivity (Wildman–Crippen MR) is 113 cm³/mol. The van der Waals surface area contributed by atoms with Crippen molar-refractivity contribution in [3.05, 3.63) is 65.9 Å². The van der Waals surface area contributed by atoms with Crippen LogP contribution in [0.2, 0.25) is 0 Å². The lowest BCUT2D eigenvalue weighted by atomic mass is 10.2. The van der Waals surface area contributed by atoms with E-state index in [0.29, 0.717) is 17.3 Å². The summed E-state index contributed by atoms with van der Waals surface area (Å²) in [5.41, 5.74) is 2.01. The predicted octanol–water partition coefficient (Wildman–Crippen LogP) is 3.96. The third-order valence-corrected chi connectivity index (χ3v) is 5.23. The number of para-hydroxylation sites is 1. The summed E-state index contributed by atoms with van der Waals surface area (Å²) >= 11 is 0. The van der Waals surface area contributed by atoms with Gasteiger partial charge in [-0.2, -0.15) is 0 Å². The molecule has 3 aromatic rings. The van der Waals surface area contributed by atoms with Gasteiger partial charge >= 0.3 is 0 Å². The zero-order chi connectivity index (χ0) is 20.4. The van der Waals surface area contributed by atoms with Gasteiger partial charge in [0, 0.05) is 22.7 Å². The molecule has 2 aromatic carbocycles. The summed E-state index contributed by atoms with van der Waals surface area (Å²) in [6.45, 7) is 2.21. The molecule has 1 aliphatic rings. The average molecular weight is 391 g/mol. The van der Waals surface area contributed by atoms with E-state index in [1.165, 1.54) is 0 Å². The lowest BCUT2D eigenvalue weighted by Gasteiger charge is -2.22. The first-order valence-electron chi connectivity index (χ1n) is 9.89. The molecular weight excluding hydrogens is 366 g/mol. The third kappa shape index (κ3) is 4.66. The highest BCUT2D eigenvalue weighted by Crippen LogP contribution is 2.26. The minimum atomic E-state index is -0.143. The van der Waals surface area contributed by atoms with Crippen molar-refractivity contribution in [1.29, 1.82) is 0 Å². The number of furan rings is 1. The molecule has 2 N–H and O–H groups in total. The molecule has 1 aliphatic carbocycles. The van der Waals surface area contributed by atoms with Crippen LogP contribution in [0.5, 0.6) is 0 Å². The molecule has 1 saturated carbocycles. The summed E-state index contributed by atoms with van der Waals surface area (Å²) in [6.07, 6.45) is 2.08. The molecule has 1 fully saturated rings. The number of nitrogens with zero attached hydrogens (tertiary/aromatic N) is 1. The number of rotatable bonds is 7. The normalized spacial score (nSPS) is 14.7. The van der Waals surface area contributed by atoms with Crippen molar-refractivity contribution in [3.63, 3.8) is 0 Å². The lowest BCUT2D eigenvalue weighted by molar-refractivity contribution is -0.117. The third-order valence-electron chi connectivity index (χ3n) is 5.23. The van der Waals surface area contributed by atoms with Crippen LogP contribution in [0.3, 0.4) is 0 Å². The molecule has 0 spiro atoms. The number of hydrogen-bond donors (Lipinski definition) is 2. The Morgan fingerprint density at radius 1 is 1.14 bits per heavy atom. The van der Waals surface area contributed by atoms with E-state index in [0.717, 1.165) is 29.6 Å². The van der Waals surface area contributed by atoms with Crippen molar-refractivity contribution in [2.75, 3.05) is 18.9 Å². The van der Waals surface area contributed by atoms with Gasteiger partial charge in [0.15, 0.2) is 0 Å². The second kappa shape index (κ2) is 8.09. The molecule has 1 atom stereocenters. The maximum absolute atomic E-state index is 12.5. The number of fused-ring (bicyclic) bond motifs is 1. The van der Waals surface area contributed by atoms with Crippen LogP contribution in [-0.2, 0) is 4.79 Å². The molecule has 0 unspecified atom stereocenters. The van der Waals surface area contributed by atoms with Crippen LogP contribution < -0.4 is 10.6 Å². The van der Waals surface area contributed by atoms with Crippen molar-refractivity contribution in [1.82, 2.24) is 10.2 Å². The zero-order valence-electron chi connectivity index (χ0n) is 16.6. The monoisotopic (exact) mass is 391 g/mol. The zero-order valence-corrected chi connectivity index (χ0v) is 16.6. The highest BCUT2D eigenvalue weighted by molar-refractivity contribution is 5.97. The molecule has 6 nitrogen and oxygen atoms in total.